The fraction of sp³-hybridized carbons (Fsp3) is 0.318. The second-order valence-electron chi connectivity index (χ2n) is 6.77. The Morgan fingerprint density at radius 2 is 1.93 bits per heavy atom. The van der Waals surface area contributed by atoms with E-state index in [0.29, 0.717) is 23.8 Å². The van der Waals surface area contributed by atoms with Crippen LogP contribution < -0.4 is 4.90 Å². The van der Waals surface area contributed by atoms with Gasteiger partial charge >= 0.3 is 5.97 Å². The highest BCUT2D eigenvalue weighted by Gasteiger charge is 2.21. The molecule has 0 bridgehead atoms. The van der Waals surface area contributed by atoms with E-state index in [1.807, 2.05) is 30.3 Å². The van der Waals surface area contributed by atoms with E-state index in [2.05, 4.69) is 30.7 Å². The molecule has 1 amide bonds. The molecule has 3 rings (SSSR count). The summed E-state index contributed by atoms with van der Waals surface area (Å²) in [5.74, 6) is 0.532. The SMILES string of the molecule is COC(=O)CSCCC(=O)N(Cc1ccccc1)c1nc2cc(C)cc(C)c2s1. The second-order valence-corrected chi connectivity index (χ2v) is 8.85. The molecule has 1 heterocycles. The normalized spacial score (nSPS) is 10.9. The smallest absolute Gasteiger partial charge is 0.315 e. The van der Waals surface area contributed by atoms with Gasteiger partial charge in [-0.1, -0.05) is 47.7 Å². The predicted octanol–water partition coefficient (Wildman–Crippen LogP) is 4.74. The van der Waals surface area contributed by atoms with Crippen LogP contribution in [0.3, 0.4) is 0 Å². The van der Waals surface area contributed by atoms with Crippen LogP contribution in [0.5, 0.6) is 0 Å². The standard InChI is InChI=1S/C22H24N2O3S2/c1-15-11-16(2)21-18(12-15)23-22(29-21)24(13-17-7-5-4-6-8-17)19(25)9-10-28-14-20(26)27-3/h4-8,11-12H,9-10,13-14H2,1-3H3. The number of carbonyl (C=O) groups excluding carboxylic acids is 2. The van der Waals surface area contributed by atoms with Gasteiger partial charge < -0.3 is 4.74 Å². The van der Waals surface area contributed by atoms with E-state index in [4.69, 9.17) is 4.98 Å². The topological polar surface area (TPSA) is 59.5 Å². The van der Waals surface area contributed by atoms with Crippen LogP contribution in [0.15, 0.2) is 42.5 Å². The third-order valence-corrected chi connectivity index (χ3v) is 6.59. The van der Waals surface area contributed by atoms with Crippen molar-refractivity contribution in [1.82, 2.24) is 4.98 Å². The summed E-state index contributed by atoms with van der Waals surface area (Å²) in [6.45, 7) is 4.60. The Morgan fingerprint density at radius 3 is 2.66 bits per heavy atom. The van der Waals surface area contributed by atoms with Crippen LogP contribution in [0.25, 0.3) is 10.2 Å². The second kappa shape index (κ2) is 9.89. The highest BCUT2D eigenvalue weighted by molar-refractivity contribution is 7.99. The molecule has 0 saturated heterocycles. The van der Waals surface area contributed by atoms with E-state index in [1.54, 1.807) is 16.2 Å². The van der Waals surface area contributed by atoms with E-state index in [1.165, 1.54) is 24.4 Å². The van der Waals surface area contributed by atoms with Crippen LogP contribution in [0, 0.1) is 13.8 Å². The van der Waals surface area contributed by atoms with E-state index in [9.17, 15) is 9.59 Å². The Labute approximate surface area is 179 Å². The number of amides is 1. The van der Waals surface area contributed by atoms with Gasteiger partial charge in [0.2, 0.25) is 5.91 Å². The van der Waals surface area contributed by atoms with Crippen LogP contribution in [-0.2, 0) is 20.9 Å². The van der Waals surface area contributed by atoms with Crippen molar-refractivity contribution in [2.24, 2.45) is 0 Å². The van der Waals surface area contributed by atoms with E-state index in [0.717, 1.165) is 21.3 Å². The number of ether oxygens (including phenoxy) is 1. The Morgan fingerprint density at radius 1 is 1.17 bits per heavy atom. The minimum atomic E-state index is -0.277. The molecule has 0 saturated carbocycles. The lowest BCUT2D eigenvalue weighted by Gasteiger charge is -2.20. The van der Waals surface area contributed by atoms with E-state index in [-0.39, 0.29) is 17.6 Å². The quantitative estimate of drug-likeness (QED) is 0.383. The molecule has 0 N–H and O–H groups in total. The maximum absolute atomic E-state index is 13.1. The average molecular weight is 429 g/mol. The third kappa shape index (κ3) is 5.58. The average Bonchev–Trinajstić information content (AvgIpc) is 3.13. The van der Waals surface area contributed by atoms with Crippen molar-refractivity contribution in [2.75, 3.05) is 23.5 Å². The number of hydrogen-bond donors (Lipinski definition) is 0. The van der Waals surface area contributed by atoms with Crippen LogP contribution in [0.4, 0.5) is 5.13 Å². The number of aryl methyl sites for hydroxylation is 2. The van der Waals surface area contributed by atoms with Crippen molar-refractivity contribution in [3.8, 4) is 0 Å². The molecule has 0 fully saturated rings. The Bertz CT molecular complexity index is 1000. The van der Waals surface area contributed by atoms with Gasteiger partial charge in [-0.3, -0.25) is 14.5 Å². The molecular weight excluding hydrogens is 404 g/mol. The number of nitrogens with zero attached hydrogens (tertiary/aromatic N) is 2. The number of carbonyl (C=O) groups is 2. The van der Waals surface area contributed by atoms with Gasteiger partial charge in [-0.15, -0.1) is 11.8 Å². The number of aromatic nitrogens is 1. The number of anilines is 1. The fourth-order valence-electron chi connectivity index (χ4n) is 3.02. The molecule has 0 atom stereocenters. The summed E-state index contributed by atoms with van der Waals surface area (Å²) in [5.41, 5.74) is 4.31. The van der Waals surface area contributed by atoms with Gasteiger partial charge in [0.15, 0.2) is 5.13 Å². The zero-order chi connectivity index (χ0) is 20.8. The predicted molar refractivity (Wildman–Crippen MR) is 121 cm³/mol. The summed E-state index contributed by atoms with van der Waals surface area (Å²) in [6.07, 6.45) is 0.336. The highest BCUT2D eigenvalue weighted by Crippen LogP contribution is 2.33. The molecule has 0 unspecified atom stereocenters. The number of thioether (sulfide) groups is 1. The monoisotopic (exact) mass is 428 g/mol. The summed E-state index contributed by atoms with van der Waals surface area (Å²) in [5, 5.41) is 0.709. The number of methoxy groups -OCH3 is 1. The molecular formula is C22H24N2O3S2. The van der Waals surface area contributed by atoms with Gasteiger partial charge in [0.1, 0.15) is 0 Å². The number of thiazole rings is 1. The Balaban J connectivity index is 1.82. The third-order valence-electron chi connectivity index (χ3n) is 4.43. The molecule has 7 heteroatoms. The minimum absolute atomic E-state index is 0.000324. The van der Waals surface area contributed by atoms with Crippen molar-refractivity contribution in [1.29, 1.82) is 0 Å². The van der Waals surface area contributed by atoms with Gasteiger partial charge in [-0.25, -0.2) is 4.98 Å². The van der Waals surface area contributed by atoms with Crippen molar-refractivity contribution >= 4 is 50.3 Å². The lowest BCUT2D eigenvalue weighted by Crippen LogP contribution is -2.30. The number of hydrogen-bond acceptors (Lipinski definition) is 6. The van der Waals surface area contributed by atoms with Gasteiger partial charge in [-0.05, 0) is 36.6 Å². The molecule has 0 aliphatic carbocycles. The first-order chi connectivity index (χ1) is 14.0. The molecule has 1 aromatic heterocycles. The van der Waals surface area contributed by atoms with Gasteiger partial charge in [0, 0.05) is 12.2 Å². The largest absolute Gasteiger partial charge is 0.468 e. The molecule has 3 aromatic rings. The van der Waals surface area contributed by atoms with Crippen molar-refractivity contribution in [3.05, 3.63) is 59.2 Å². The van der Waals surface area contributed by atoms with Crippen molar-refractivity contribution in [3.63, 3.8) is 0 Å². The number of fused-ring (bicyclic) bond motifs is 1. The number of rotatable bonds is 8. The van der Waals surface area contributed by atoms with Crippen LogP contribution in [-0.4, -0.2) is 35.5 Å². The molecule has 0 aliphatic heterocycles. The molecule has 29 heavy (non-hydrogen) atoms. The summed E-state index contributed by atoms with van der Waals surface area (Å²) in [4.78, 5) is 30.8. The molecule has 0 spiro atoms. The first-order valence-corrected chi connectivity index (χ1v) is 11.3. The molecule has 5 nitrogen and oxygen atoms in total. The summed E-state index contributed by atoms with van der Waals surface area (Å²) in [6, 6.07) is 14.1. The maximum atomic E-state index is 13.1. The number of esters is 1. The lowest BCUT2D eigenvalue weighted by molar-refractivity contribution is -0.137. The maximum Gasteiger partial charge on any atom is 0.315 e. The van der Waals surface area contributed by atoms with Gasteiger partial charge in [-0.2, -0.15) is 0 Å². The first-order valence-electron chi connectivity index (χ1n) is 9.34. The molecule has 2 aromatic carbocycles. The van der Waals surface area contributed by atoms with E-state index < -0.39 is 0 Å². The fourth-order valence-corrected chi connectivity index (χ4v) is 4.80. The van der Waals surface area contributed by atoms with Gasteiger partial charge in [0.05, 0.1) is 29.6 Å². The Hall–Kier alpha value is -2.38. The minimum Gasteiger partial charge on any atom is -0.468 e. The molecule has 152 valence electrons. The van der Waals surface area contributed by atoms with Crippen LogP contribution >= 0.6 is 23.1 Å². The lowest BCUT2D eigenvalue weighted by atomic mass is 10.1. The van der Waals surface area contributed by atoms with Crippen LogP contribution in [0.1, 0.15) is 23.1 Å². The van der Waals surface area contributed by atoms with Crippen LogP contribution in [0.2, 0.25) is 0 Å². The summed E-state index contributed by atoms with van der Waals surface area (Å²) >= 11 is 2.95. The molecule has 0 radical (unpaired) electrons. The number of benzene rings is 2. The zero-order valence-corrected chi connectivity index (χ0v) is 18.4. The summed E-state index contributed by atoms with van der Waals surface area (Å²) in [7, 11) is 1.37. The summed E-state index contributed by atoms with van der Waals surface area (Å²) < 4.78 is 5.75. The Kier molecular flexibility index (Phi) is 7.28. The van der Waals surface area contributed by atoms with Crippen molar-refractivity contribution < 1.29 is 14.3 Å². The van der Waals surface area contributed by atoms with Gasteiger partial charge in [0.25, 0.3) is 0 Å². The highest BCUT2D eigenvalue weighted by atomic mass is 32.2. The zero-order valence-electron chi connectivity index (χ0n) is 16.8. The molecule has 0 aliphatic rings. The first kappa shape index (κ1) is 21.3. The van der Waals surface area contributed by atoms with E-state index >= 15 is 0 Å². The van der Waals surface area contributed by atoms with Crippen molar-refractivity contribution in [2.45, 2.75) is 26.8 Å².